The van der Waals surface area contributed by atoms with Crippen LogP contribution in [0.4, 0.5) is 11.5 Å². The van der Waals surface area contributed by atoms with Crippen molar-refractivity contribution in [1.82, 2.24) is 19.1 Å². The Morgan fingerprint density at radius 3 is 2.59 bits per heavy atom. The predicted octanol–water partition coefficient (Wildman–Crippen LogP) is 2.91. The zero-order valence-corrected chi connectivity index (χ0v) is 23.3. The predicted molar refractivity (Wildman–Crippen MR) is 154 cm³/mol. The molecule has 212 valence electrons. The molecule has 0 saturated carbocycles. The maximum Gasteiger partial charge on any atom is 0.263 e. The molecule has 14 heteroatoms. The zero-order chi connectivity index (χ0) is 29.0. The summed E-state index contributed by atoms with van der Waals surface area (Å²) in [5, 5.41) is 13.4. The highest BCUT2D eigenvalue weighted by atomic mass is 35.5. The summed E-state index contributed by atoms with van der Waals surface area (Å²) in [5.74, 6) is -1.08. The number of carbonyl (C=O) groups is 2. The Bertz CT molecular complexity index is 1770. The number of aromatic hydroxyl groups is 1. The van der Waals surface area contributed by atoms with Gasteiger partial charge in [-0.1, -0.05) is 23.2 Å². The molecule has 2 aliphatic heterocycles. The number of nitrogens with one attached hydrogen (secondary N) is 1. The van der Waals surface area contributed by atoms with E-state index in [1.54, 1.807) is 19.3 Å². The number of ether oxygens (including phenoxy) is 1. The smallest absolute Gasteiger partial charge is 0.263 e. The summed E-state index contributed by atoms with van der Waals surface area (Å²) in [6.07, 6.45) is 6.79. The molecular weight excluding hydrogens is 573 g/mol. The number of aryl methyl sites for hydroxylation is 1. The van der Waals surface area contributed by atoms with Gasteiger partial charge in [0.05, 0.1) is 51.4 Å². The molecule has 2 unspecified atom stereocenters. The van der Waals surface area contributed by atoms with Crippen molar-refractivity contribution in [1.29, 1.82) is 0 Å². The first kappa shape index (κ1) is 27.1. The first-order chi connectivity index (χ1) is 19.6. The number of fused-ring (bicyclic) bond motifs is 3. The molecular formula is C27H25Cl2N7O5. The van der Waals surface area contributed by atoms with Crippen molar-refractivity contribution in [2.45, 2.75) is 31.6 Å². The second-order valence-electron chi connectivity index (χ2n) is 10.2. The monoisotopic (exact) mass is 597 g/mol. The summed E-state index contributed by atoms with van der Waals surface area (Å²) >= 11 is 12.5. The molecule has 6 rings (SSSR count). The Labute approximate surface area is 243 Å². The molecule has 2 aliphatic rings. The Kier molecular flexibility index (Phi) is 6.84. The minimum Gasteiger partial charge on any atom is -0.506 e. The first-order valence-electron chi connectivity index (χ1n) is 12.8. The number of rotatable bonds is 6. The fourth-order valence-electron chi connectivity index (χ4n) is 5.39. The van der Waals surface area contributed by atoms with Crippen LogP contribution >= 0.6 is 23.2 Å². The number of anilines is 2. The third-order valence-electron chi connectivity index (χ3n) is 7.37. The van der Waals surface area contributed by atoms with Gasteiger partial charge in [0, 0.05) is 38.0 Å². The standard InChI is InChI=1S/C27H25Cl2N7O5/c1-34-12-32-26-23(27(34)40)17(13-4-16(25(30)39)24(38)18(28)5-13)10-36(26)11-22(37)33-20-6-21(31-7-19(20)29)35-8-14-2-3-15(9-35)41-14/h4-7,10,12,14-15,38H,2-3,8-9,11H2,1H3,(H2,30,39)(H,31,33,37). The number of amides is 2. The Morgan fingerprint density at radius 2 is 1.88 bits per heavy atom. The highest BCUT2D eigenvalue weighted by Gasteiger charge is 2.34. The van der Waals surface area contributed by atoms with Gasteiger partial charge in [-0.25, -0.2) is 9.97 Å². The fraction of sp³-hybridized carbons (Fsp3) is 0.296. The molecule has 2 fully saturated rings. The number of morpholine rings is 1. The molecule has 0 aliphatic carbocycles. The molecule has 12 nitrogen and oxygen atoms in total. The SMILES string of the molecule is Cn1cnc2c(c(-c3cc(Cl)c(O)c(C(N)=O)c3)cn2CC(=O)Nc2cc(N3CC4CCC(C3)O4)ncc2Cl)c1=O. The number of benzene rings is 1. The number of phenols is 1. The average molecular weight is 598 g/mol. The molecule has 4 aromatic rings. The Balaban J connectivity index is 1.32. The number of aromatic nitrogens is 4. The summed E-state index contributed by atoms with van der Waals surface area (Å²) < 4.78 is 8.72. The van der Waals surface area contributed by atoms with Crippen molar-refractivity contribution in [2.24, 2.45) is 12.8 Å². The lowest BCUT2D eigenvalue weighted by atomic mass is 10.0. The minimum atomic E-state index is -0.890. The van der Waals surface area contributed by atoms with E-state index in [2.05, 4.69) is 20.2 Å². The summed E-state index contributed by atoms with van der Waals surface area (Å²) in [6, 6.07) is 4.48. The zero-order valence-electron chi connectivity index (χ0n) is 21.8. The number of nitrogens with two attached hydrogens (primary N) is 1. The van der Waals surface area contributed by atoms with Gasteiger partial charge in [-0.15, -0.1) is 0 Å². The summed E-state index contributed by atoms with van der Waals surface area (Å²) in [4.78, 5) is 49.3. The van der Waals surface area contributed by atoms with Crippen LogP contribution in [0.2, 0.25) is 10.0 Å². The van der Waals surface area contributed by atoms with Gasteiger partial charge in [0.1, 0.15) is 23.8 Å². The highest BCUT2D eigenvalue weighted by molar-refractivity contribution is 6.34. The second kappa shape index (κ2) is 10.4. The molecule has 1 aromatic carbocycles. The first-order valence-corrected chi connectivity index (χ1v) is 13.6. The third kappa shape index (κ3) is 4.98. The van der Waals surface area contributed by atoms with Crippen molar-refractivity contribution in [3.8, 4) is 16.9 Å². The lowest BCUT2D eigenvalue weighted by molar-refractivity contribution is -0.116. The second-order valence-corrected chi connectivity index (χ2v) is 11.0. The topological polar surface area (TPSA) is 158 Å². The normalized spacial score (nSPS) is 18.2. The van der Waals surface area contributed by atoms with Crippen molar-refractivity contribution in [3.05, 3.63) is 62.9 Å². The van der Waals surface area contributed by atoms with Crippen LogP contribution in [0.5, 0.6) is 5.75 Å². The van der Waals surface area contributed by atoms with E-state index in [0.717, 1.165) is 25.9 Å². The van der Waals surface area contributed by atoms with E-state index in [4.69, 9.17) is 33.7 Å². The van der Waals surface area contributed by atoms with E-state index in [0.29, 0.717) is 22.6 Å². The van der Waals surface area contributed by atoms with Crippen LogP contribution in [-0.4, -0.2) is 61.3 Å². The van der Waals surface area contributed by atoms with Crippen LogP contribution in [0.25, 0.3) is 22.2 Å². The largest absolute Gasteiger partial charge is 0.506 e. The fourth-order valence-corrected chi connectivity index (χ4v) is 5.76. The number of nitrogens with zero attached hydrogens (tertiary/aromatic N) is 5. The van der Waals surface area contributed by atoms with Crippen molar-refractivity contribution < 1.29 is 19.4 Å². The average Bonchev–Trinajstić information content (AvgIpc) is 3.47. The number of pyridine rings is 1. The Morgan fingerprint density at radius 1 is 1.15 bits per heavy atom. The summed E-state index contributed by atoms with van der Waals surface area (Å²) in [6.45, 7) is 1.23. The number of hydrogen-bond donors (Lipinski definition) is 3. The van der Waals surface area contributed by atoms with Crippen LogP contribution in [-0.2, 0) is 23.1 Å². The van der Waals surface area contributed by atoms with E-state index in [9.17, 15) is 19.5 Å². The van der Waals surface area contributed by atoms with Gasteiger partial charge in [0.15, 0.2) is 0 Å². The van der Waals surface area contributed by atoms with Crippen LogP contribution in [0, 0.1) is 0 Å². The van der Waals surface area contributed by atoms with Gasteiger partial charge in [-0.2, -0.15) is 0 Å². The summed E-state index contributed by atoms with van der Waals surface area (Å²) in [7, 11) is 1.55. The number of halogens is 2. The maximum atomic E-state index is 13.2. The molecule has 2 bridgehead atoms. The molecule has 2 atom stereocenters. The van der Waals surface area contributed by atoms with Crippen LogP contribution < -0.4 is 21.5 Å². The van der Waals surface area contributed by atoms with Crippen molar-refractivity contribution in [2.75, 3.05) is 23.3 Å². The summed E-state index contributed by atoms with van der Waals surface area (Å²) in [5.41, 5.74) is 6.17. The van der Waals surface area contributed by atoms with Gasteiger partial charge >= 0.3 is 0 Å². The molecule has 3 aromatic heterocycles. The van der Waals surface area contributed by atoms with E-state index in [-0.39, 0.29) is 51.0 Å². The van der Waals surface area contributed by atoms with Crippen LogP contribution in [0.15, 0.2) is 41.7 Å². The molecule has 4 N–H and O–H groups in total. The number of carbonyl (C=O) groups excluding carboxylic acids is 2. The van der Waals surface area contributed by atoms with Gasteiger partial charge in [-0.3, -0.25) is 14.4 Å². The van der Waals surface area contributed by atoms with Gasteiger partial charge in [-0.05, 0) is 30.5 Å². The lowest BCUT2D eigenvalue weighted by Gasteiger charge is -2.33. The molecule has 2 amide bonds. The van der Waals surface area contributed by atoms with Crippen LogP contribution in [0.3, 0.4) is 0 Å². The van der Waals surface area contributed by atoms with E-state index < -0.39 is 17.6 Å². The molecule has 5 heterocycles. The molecule has 0 spiro atoms. The lowest BCUT2D eigenvalue weighted by Crippen LogP contribution is -2.43. The van der Waals surface area contributed by atoms with Gasteiger partial charge in [0.25, 0.3) is 11.5 Å². The third-order valence-corrected chi connectivity index (χ3v) is 7.96. The van der Waals surface area contributed by atoms with Crippen molar-refractivity contribution in [3.63, 3.8) is 0 Å². The highest BCUT2D eigenvalue weighted by Crippen LogP contribution is 2.36. The maximum absolute atomic E-state index is 13.2. The quantitative estimate of drug-likeness (QED) is 0.306. The number of hydrogen-bond acceptors (Lipinski definition) is 8. The van der Waals surface area contributed by atoms with E-state index >= 15 is 0 Å². The van der Waals surface area contributed by atoms with Crippen LogP contribution in [0.1, 0.15) is 23.2 Å². The Hall–Kier alpha value is -4.13. The van der Waals surface area contributed by atoms with Gasteiger partial charge in [0.2, 0.25) is 5.91 Å². The van der Waals surface area contributed by atoms with E-state index in [1.807, 2.05) is 0 Å². The van der Waals surface area contributed by atoms with E-state index in [1.165, 1.54) is 33.8 Å². The van der Waals surface area contributed by atoms with Gasteiger partial charge < -0.3 is 34.9 Å². The van der Waals surface area contributed by atoms with Crippen molar-refractivity contribution >= 4 is 57.6 Å². The molecule has 0 radical (unpaired) electrons. The number of primary amides is 1. The molecule has 41 heavy (non-hydrogen) atoms. The molecule has 2 saturated heterocycles. The minimum absolute atomic E-state index is 0.118.